The Kier molecular flexibility index (Phi) is 2.56. The molecule has 0 bridgehead atoms. The van der Waals surface area contributed by atoms with Crippen LogP contribution in [0.15, 0.2) is 53.5 Å². The van der Waals surface area contributed by atoms with E-state index in [2.05, 4.69) is 4.98 Å². The molecule has 3 aromatic rings. The first-order valence-corrected chi connectivity index (χ1v) is 5.95. The first-order chi connectivity index (χ1) is 9.18. The SMILES string of the molecule is Cc1cccn2c(=O)c(-c3ccccc3)c(O)nc12. The number of rotatable bonds is 1. The monoisotopic (exact) mass is 252 g/mol. The first kappa shape index (κ1) is 11.5. The molecule has 0 aliphatic rings. The third-order valence-electron chi connectivity index (χ3n) is 3.09. The molecule has 1 aromatic carbocycles. The number of fused-ring (bicyclic) bond motifs is 1. The Morgan fingerprint density at radius 1 is 1.11 bits per heavy atom. The molecule has 0 spiro atoms. The molecule has 19 heavy (non-hydrogen) atoms. The van der Waals surface area contributed by atoms with Crippen LogP contribution in [0, 0.1) is 6.92 Å². The molecule has 0 saturated carbocycles. The minimum Gasteiger partial charge on any atom is -0.493 e. The fourth-order valence-electron chi connectivity index (χ4n) is 2.14. The lowest BCUT2D eigenvalue weighted by Gasteiger charge is -2.08. The maximum atomic E-state index is 12.5. The van der Waals surface area contributed by atoms with Crippen LogP contribution < -0.4 is 5.56 Å². The van der Waals surface area contributed by atoms with Gasteiger partial charge in [0.2, 0.25) is 5.88 Å². The van der Waals surface area contributed by atoms with Crippen LogP contribution in [0.5, 0.6) is 5.88 Å². The molecule has 1 N–H and O–H groups in total. The Balaban J connectivity index is 2.43. The van der Waals surface area contributed by atoms with Crippen molar-refractivity contribution < 1.29 is 5.11 Å². The second-order valence-electron chi connectivity index (χ2n) is 4.37. The summed E-state index contributed by atoms with van der Waals surface area (Å²) >= 11 is 0. The van der Waals surface area contributed by atoms with Gasteiger partial charge in [-0.05, 0) is 24.1 Å². The highest BCUT2D eigenvalue weighted by molar-refractivity contribution is 5.69. The largest absolute Gasteiger partial charge is 0.493 e. The van der Waals surface area contributed by atoms with Gasteiger partial charge in [-0.1, -0.05) is 36.4 Å². The Labute approximate surface area is 109 Å². The van der Waals surface area contributed by atoms with E-state index in [4.69, 9.17) is 0 Å². The molecule has 2 heterocycles. The van der Waals surface area contributed by atoms with Crippen molar-refractivity contribution in [2.75, 3.05) is 0 Å². The number of hydrogen-bond acceptors (Lipinski definition) is 3. The molecule has 0 aliphatic carbocycles. The van der Waals surface area contributed by atoms with Crippen LogP contribution in [-0.4, -0.2) is 14.5 Å². The first-order valence-electron chi connectivity index (χ1n) is 5.95. The Morgan fingerprint density at radius 2 is 1.84 bits per heavy atom. The number of aromatic hydroxyl groups is 1. The quantitative estimate of drug-likeness (QED) is 0.723. The van der Waals surface area contributed by atoms with Gasteiger partial charge in [-0.3, -0.25) is 9.20 Å². The summed E-state index contributed by atoms with van der Waals surface area (Å²) in [5.74, 6) is -0.231. The van der Waals surface area contributed by atoms with Gasteiger partial charge in [0.25, 0.3) is 5.56 Å². The second-order valence-corrected chi connectivity index (χ2v) is 4.37. The third kappa shape index (κ3) is 1.78. The van der Waals surface area contributed by atoms with Crippen LogP contribution in [0.25, 0.3) is 16.8 Å². The van der Waals surface area contributed by atoms with Gasteiger partial charge in [-0.2, -0.15) is 4.98 Å². The highest BCUT2D eigenvalue weighted by Crippen LogP contribution is 2.24. The number of aromatic nitrogens is 2. The van der Waals surface area contributed by atoms with E-state index in [0.29, 0.717) is 11.2 Å². The van der Waals surface area contributed by atoms with Gasteiger partial charge < -0.3 is 5.11 Å². The van der Waals surface area contributed by atoms with Crippen LogP contribution in [0.2, 0.25) is 0 Å². The van der Waals surface area contributed by atoms with Gasteiger partial charge in [0, 0.05) is 6.20 Å². The van der Waals surface area contributed by atoms with Crippen LogP contribution in [0.4, 0.5) is 0 Å². The molecule has 3 rings (SSSR count). The summed E-state index contributed by atoms with van der Waals surface area (Å²) in [5, 5.41) is 10.0. The molecule has 2 aromatic heterocycles. The van der Waals surface area contributed by atoms with Crippen molar-refractivity contribution >= 4 is 5.65 Å². The van der Waals surface area contributed by atoms with Gasteiger partial charge in [0.15, 0.2) is 0 Å². The smallest absolute Gasteiger partial charge is 0.269 e. The van der Waals surface area contributed by atoms with E-state index in [1.165, 1.54) is 4.40 Å². The summed E-state index contributed by atoms with van der Waals surface area (Å²) in [6.45, 7) is 1.85. The van der Waals surface area contributed by atoms with Crippen molar-refractivity contribution in [1.29, 1.82) is 0 Å². The number of aryl methyl sites for hydroxylation is 1. The highest BCUT2D eigenvalue weighted by Gasteiger charge is 2.14. The molecule has 0 fully saturated rings. The van der Waals surface area contributed by atoms with Gasteiger partial charge in [0.05, 0.1) is 0 Å². The van der Waals surface area contributed by atoms with E-state index < -0.39 is 0 Å². The molecule has 0 radical (unpaired) electrons. The number of hydrogen-bond donors (Lipinski definition) is 1. The van der Waals surface area contributed by atoms with Crippen molar-refractivity contribution in [3.05, 3.63) is 64.6 Å². The second kappa shape index (κ2) is 4.24. The zero-order valence-electron chi connectivity index (χ0n) is 10.4. The van der Waals surface area contributed by atoms with Gasteiger partial charge in [-0.15, -0.1) is 0 Å². The predicted octanol–water partition coefficient (Wildman–Crippen LogP) is 2.38. The fourth-order valence-corrected chi connectivity index (χ4v) is 2.14. The Bertz CT molecular complexity index is 807. The molecule has 0 saturated heterocycles. The fraction of sp³-hybridized carbons (Fsp3) is 0.0667. The predicted molar refractivity (Wildman–Crippen MR) is 73.3 cm³/mol. The average Bonchev–Trinajstić information content (AvgIpc) is 2.41. The molecular weight excluding hydrogens is 240 g/mol. The molecule has 0 amide bonds. The minimum atomic E-state index is -0.266. The molecule has 0 atom stereocenters. The summed E-state index contributed by atoms with van der Waals surface area (Å²) in [6.07, 6.45) is 1.66. The van der Waals surface area contributed by atoms with E-state index in [0.717, 1.165) is 5.56 Å². The number of benzene rings is 1. The maximum absolute atomic E-state index is 12.5. The molecular formula is C15H12N2O2. The maximum Gasteiger partial charge on any atom is 0.269 e. The van der Waals surface area contributed by atoms with E-state index >= 15 is 0 Å². The highest BCUT2D eigenvalue weighted by atomic mass is 16.3. The topological polar surface area (TPSA) is 54.6 Å². The molecule has 4 heteroatoms. The third-order valence-corrected chi connectivity index (χ3v) is 3.09. The molecule has 0 aliphatic heterocycles. The van der Waals surface area contributed by atoms with Crippen LogP contribution >= 0.6 is 0 Å². The lowest BCUT2D eigenvalue weighted by molar-refractivity contribution is 0.455. The van der Waals surface area contributed by atoms with Crippen LogP contribution in [0.3, 0.4) is 0 Å². The summed E-state index contributed by atoms with van der Waals surface area (Å²) in [6, 6.07) is 12.7. The van der Waals surface area contributed by atoms with Crippen molar-refractivity contribution in [2.45, 2.75) is 6.92 Å². The molecule has 4 nitrogen and oxygen atoms in total. The zero-order chi connectivity index (χ0) is 13.4. The van der Waals surface area contributed by atoms with Crippen molar-refractivity contribution in [3.63, 3.8) is 0 Å². The van der Waals surface area contributed by atoms with E-state index in [1.807, 2.05) is 31.2 Å². The van der Waals surface area contributed by atoms with Gasteiger partial charge in [0.1, 0.15) is 11.2 Å². The Morgan fingerprint density at radius 3 is 2.58 bits per heavy atom. The van der Waals surface area contributed by atoms with E-state index in [1.54, 1.807) is 24.4 Å². The lowest BCUT2D eigenvalue weighted by Crippen LogP contribution is -2.17. The summed E-state index contributed by atoms with van der Waals surface area (Å²) in [4.78, 5) is 16.6. The lowest BCUT2D eigenvalue weighted by atomic mass is 10.1. The van der Waals surface area contributed by atoms with Gasteiger partial charge >= 0.3 is 0 Å². The Hall–Kier alpha value is -2.62. The molecule has 94 valence electrons. The van der Waals surface area contributed by atoms with Crippen LogP contribution in [0.1, 0.15) is 5.56 Å². The molecule has 0 unspecified atom stereocenters. The summed E-state index contributed by atoms with van der Waals surface area (Å²) in [5.41, 5.74) is 1.94. The number of nitrogens with zero attached hydrogens (tertiary/aromatic N) is 2. The summed E-state index contributed by atoms with van der Waals surface area (Å²) in [7, 11) is 0. The van der Waals surface area contributed by atoms with Crippen molar-refractivity contribution in [1.82, 2.24) is 9.38 Å². The number of pyridine rings is 1. The standard InChI is InChI=1S/C15H12N2O2/c1-10-6-5-9-17-13(10)16-14(18)12(15(17)19)11-7-3-2-4-8-11/h2-9,18H,1H3. The van der Waals surface area contributed by atoms with E-state index in [9.17, 15) is 9.90 Å². The minimum absolute atomic E-state index is 0.226. The average molecular weight is 252 g/mol. The normalized spacial score (nSPS) is 10.8. The zero-order valence-corrected chi connectivity index (χ0v) is 10.4. The van der Waals surface area contributed by atoms with E-state index in [-0.39, 0.29) is 17.0 Å². The van der Waals surface area contributed by atoms with Gasteiger partial charge in [-0.25, -0.2) is 0 Å². The summed E-state index contributed by atoms with van der Waals surface area (Å²) < 4.78 is 1.46. The van der Waals surface area contributed by atoms with Crippen molar-refractivity contribution in [2.24, 2.45) is 0 Å². The van der Waals surface area contributed by atoms with Crippen molar-refractivity contribution in [3.8, 4) is 17.0 Å². The van der Waals surface area contributed by atoms with Crippen LogP contribution in [-0.2, 0) is 0 Å².